The van der Waals surface area contributed by atoms with Crippen LogP contribution in [-0.4, -0.2) is 20.2 Å². The molecule has 0 aromatic rings. The molecule has 2 rings (SSSR count). The molecule has 0 N–H and O–H groups in total. The van der Waals surface area contributed by atoms with Gasteiger partial charge in [-0.1, -0.05) is 0 Å². The van der Waals surface area contributed by atoms with E-state index < -0.39 is 20.2 Å². The quantitative estimate of drug-likeness (QED) is 0.191. The van der Waals surface area contributed by atoms with Gasteiger partial charge in [-0.25, -0.2) is 0 Å². The molecule has 0 radical (unpaired) electrons. The molecule has 2 aliphatic carbocycles. The Bertz CT molecular complexity index is 270. The fourth-order valence-electron chi connectivity index (χ4n) is 5.27. The first-order chi connectivity index (χ1) is 12.4. The SMILES string of the molecule is CCCCCCCCCCC[CH2][Sb]([CH]1CCCCC1)[CH]1CCCCC1. The predicted molar refractivity (Wildman–Crippen MR) is 116 cm³/mol. The Kier molecular flexibility index (Phi) is 13.1. The van der Waals surface area contributed by atoms with Crippen molar-refractivity contribution >= 4 is 20.2 Å². The van der Waals surface area contributed by atoms with Gasteiger partial charge in [0.2, 0.25) is 0 Å². The van der Waals surface area contributed by atoms with Gasteiger partial charge >= 0.3 is 168 Å². The van der Waals surface area contributed by atoms with E-state index in [4.69, 9.17) is 0 Å². The van der Waals surface area contributed by atoms with Crippen molar-refractivity contribution < 1.29 is 0 Å². The molecule has 0 unspecified atom stereocenters. The van der Waals surface area contributed by atoms with Crippen molar-refractivity contribution in [3.63, 3.8) is 0 Å². The van der Waals surface area contributed by atoms with Crippen LogP contribution >= 0.6 is 0 Å². The molecule has 25 heavy (non-hydrogen) atoms. The van der Waals surface area contributed by atoms with Crippen LogP contribution in [0.5, 0.6) is 0 Å². The van der Waals surface area contributed by atoms with E-state index in [2.05, 4.69) is 6.92 Å². The molecule has 0 saturated heterocycles. The topological polar surface area (TPSA) is 0 Å². The minimum absolute atomic E-state index is 0.980. The average Bonchev–Trinajstić information content (AvgIpc) is 2.67. The zero-order chi connectivity index (χ0) is 17.6. The van der Waals surface area contributed by atoms with E-state index in [0.29, 0.717) is 0 Å². The first-order valence-electron chi connectivity index (χ1n) is 12.2. The number of rotatable bonds is 13. The van der Waals surface area contributed by atoms with Crippen molar-refractivity contribution in [2.24, 2.45) is 0 Å². The monoisotopic (exact) mass is 456 g/mol. The number of hydrogen-bond acceptors (Lipinski definition) is 0. The third kappa shape index (κ3) is 9.53. The van der Waals surface area contributed by atoms with Gasteiger partial charge in [-0.3, -0.25) is 0 Å². The maximum absolute atomic E-state index is 2.32. The third-order valence-corrected chi connectivity index (χ3v) is 17.5. The summed E-state index contributed by atoms with van der Waals surface area (Å²) >= 11 is -0.980. The molecule has 0 atom stereocenters. The van der Waals surface area contributed by atoms with Crippen LogP contribution < -0.4 is 0 Å². The summed E-state index contributed by atoms with van der Waals surface area (Å²) < 4.78 is 4.34. The Morgan fingerprint density at radius 3 is 1.36 bits per heavy atom. The van der Waals surface area contributed by atoms with E-state index in [0.717, 1.165) is 0 Å². The molecule has 1 heteroatoms. The molecular formula is C24H47Sb. The minimum atomic E-state index is -0.980. The Morgan fingerprint density at radius 1 is 0.520 bits per heavy atom. The summed E-state index contributed by atoms with van der Waals surface area (Å²) in [5, 5.41) is 0. The van der Waals surface area contributed by atoms with Crippen LogP contribution in [0, 0.1) is 0 Å². The van der Waals surface area contributed by atoms with E-state index in [-0.39, 0.29) is 0 Å². The van der Waals surface area contributed by atoms with Crippen LogP contribution in [0.2, 0.25) is 12.1 Å². The summed E-state index contributed by atoms with van der Waals surface area (Å²) in [6, 6.07) is 0. The Balaban J connectivity index is 1.57. The van der Waals surface area contributed by atoms with Gasteiger partial charge in [0, 0.05) is 0 Å². The summed E-state index contributed by atoms with van der Waals surface area (Å²) in [7, 11) is 0. The van der Waals surface area contributed by atoms with Crippen LogP contribution in [0.1, 0.15) is 135 Å². The van der Waals surface area contributed by atoms with Crippen molar-refractivity contribution in [2.75, 3.05) is 0 Å². The van der Waals surface area contributed by atoms with Crippen molar-refractivity contribution in [3.8, 4) is 0 Å². The van der Waals surface area contributed by atoms with E-state index in [1.54, 1.807) is 81.4 Å². The maximum atomic E-state index is 2.32. The molecule has 0 nitrogen and oxygen atoms in total. The molecule has 0 aromatic carbocycles. The zero-order valence-corrected chi connectivity index (χ0v) is 20.0. The summed E-state index contributed by atoms with van der Waals surface area (Å²) in [6.07, 6.45) is 31.1. The molecule has 0 aromatic heterocycles. The molecule has 148 valence electrons. The van der Waals surface area contributed by atoms with Crippen molar-refractivity contribution in [3.05, 3.63) is 0 Å². The molecular weight excluding hydrogens is 410 g/mol. The first kappa shape index (κ1) is 22.1. The van der Waals surface area contributed by atoms with Crippen LogP contribution in [0.4, 0.5) is 0 Å². The van der Waals surface area contributed by atoms with Gasteiger partial charge in [0.15, 0.2) is 0 Å². The second-order valence-corrected chi connectivity index (χ2v) is 17.4. The molecule has 2 aliphatic rings. The summed E-state index contributed by atoms with van der Waals surface area (Å²) in [6.45, 7) is 2.32. The first-order valence-corrected chi connectivity index (χ1v) is 16.9. The molecule has 2 saturated carbocycles. The molecule has 0 bridgehead atoms. The van der Waals surface area contributed by atoms with Gasteiger partial charge < -0.3 is 0 Å². The van der Waals surface area contributed by atoms with Gasteiger partial charge in [0.05, 0.1) is 0 Å². The second kappa shape index (κ2) is 14.8. The van der Waals surface area contributed by atoms with Crippen LogP contribution in [0.3, 0.4) is 0 Å². The van der Waals surface area contributed by atoms with E-state index in [1.165, 1.54) is 59.1 Å². The normalized spacial score (nSPS) is 20.4. The van der Waals surface area contributed by atoms with E-state index >= 15 is 0 Å². The zero-order valence-electron chi connectivity index (χ0n) is 17.5. The third-order valence-electron chi connectivity index (χ3n) is 6.86. The predicted octanol–water partition coefficient (Wildman–Crippen LogP) is 9.07. The van der Waals surface area contributed by atoms with Crippen molar-refractivity contribution in [2.45, 2.75) is 147 Å². The molecule has 2 fully saturated rings. The standard InChI is InChI=1S/C12H25.2C6H11.Sb/c1-3-5-7-9-11-12-10-8-6-4-2;2*1-2-4-6-5-3-1;/h1,3-12H2,2H3;2*1H,2-6H2;. The Labute approximate surface area is 167 Å². The summed E-state index contributed by atoms with van der Waals surface area (Å²) in [4.78, 5) is 0. The molecule has 0 aliphatic heterocycles. The van der Waals surface area contributed by atoms with Crippen molar-refractivity contribution in [1.82, 2.24) is 0 Å². The van der Waals surface area contributed by atoms with Gasteiger partial charge in [-0.2, -0.15) is 0 Å². The summed E-state index contributed by atoms with van der Waals surface area (Å²) in [5.74, 6) is 0. The molecule has 0 heterocycles. The Morgan fingerprint density at radius 2 is 0.920 bits per heavy atom. The number of hydrogen-bond donors (Lipinski definition) is 0. The fourth-order valence-corrected chi connectivity index (χ4v) is 16.6. The van der Waals surface area contributed by atoms with Crippen LogP contribution in [0.25, 0.3) is 0 Å². The van der Waals surface area contributed by atoms with Gasteiger partial charge in [-0.15, -0.1) is 0 Å². The summed E-state index contributed by atoms with van der Waals surface area (Å²) in [5.41, 5.74) is 0. The van der Waals surface area contributed by atoms with Gasteiger partial charge in [-0.05, 0) is 0 Å². The van der Waals surface area contributed by atoms with E-state index in [1.807, 2.05) is 0 Å². The average molecular weight is 457 g/mol. The van der Waals surface area contributed by atoms with Gasteiger partial charge in [0.25, 0.3) is 0 Å². The molecule has 0 amide bonds. The van der Waals surface area contributed by atoms with Crippen LogP contribution in [0.15, 0.2) is 0 Å². The van der Waals surface area contributed by atoms with Gasteiger partial charge in [0.1, 0.15) is 0 Å². The number of unbranched alkanes of at least 4 members (excludes halogenated alkanes) is 9. The van der Waals surface area contributed by atoms with Crippen molar-refractivity contribution in [1.29, 1.82) is 0 Å². The fraction of sp³-hybridized carbons (Fsp3) is 1.00. The molecule has 0 spiro atoms. The van der Waals surface area contributed by atoms with Crippen LogP contribution in [-0.2, 0) is 0 Å². The van der Waals surface area contributed by atoms with E-state index in [9.17, 15) is 0 Å². The Hall–Kier alpha value is 0.818. The second-order valence-electron chi connectivity index (χ2n) is 9.00.